The summed E-state index contributed by atoms with van der Waals surface area (Å²) >= 11 is 0. The van der Waals surface area contributed by atoms with Crippen LogP contribution in [-0.2, 0) is 80.6 Å². The van der Waals surface area contributed by atoms with Gasteiger partial charge in [0.05, 0.1) is 117 Å². The predicted octanol–water partition coefficient (Wildman–Crippen LogP) is 3.95. The summed E-state index contributed by atoms with van der Waals surface area (Å²) < 4.78 is 102. The highest BCUT2D eigenvalue weighted by Crippen LogP contribution is 2.59. The zero-order chi connectivity index (χ0) is 55.1. The molecule has 21 nitrogen and oxygen atoms in total. The van der Waals surface area contributed by atoms with E-state index in [2.05, 4.69) is 40.9 Å². The first-order valence-electron chi connectivity index (χ1n) is 30.4. The maximum Gasteiger partial charge on any atom is 0.308 e. The highest BCUT2D eigenvalue weighted by Gasteiger charge is 2.79. The number of carbonyl (C=O) groups excluding carboxylic acids is 1. The van der Waals surface area contributed by atoms with Crippen LogP contribution in [0.2, 0.25) is 0 Å². The van der Waals surface area contributed by atoms with Crippen molar-refractivity contribution < 1.29 is 101 Å². The van der Waals surface area contributed by atoms with E-state index in [0.717, 1.165) is 24.0 Å². The van der Waals surface area contributed by atoms with Crippen molar-refractivity contribution in [3.05, 3.63) is 24.3 Å². The SMILES string of the molecule is C=C1C[C@@H]2CC[C@@]34O[C@@H]5[C@@H]6O[C@@](O)([C@H](O3)[C@@H]6O[C@H]3CC[C@H](CC(=O)O[C@@H]6[C@@H](C)[C@@H]7O[C@@H]8C[C@]9(CC%10O[C@@]%11(C[C@H](C)C%10O9)C[C@H](C)[C@@H]9O[C@H](CC(=O)O)[C@H](O)C[C@@H]9O%11)O[C@@H]8CC7O[C@H]6C[C@H]6O[C@@H](CC[C@@H]1O2)C[C@@H](C)C6=C)O[C@H]53)[C@H]4O. The number of hydrogen-bond acceptors (Lipinski definition) is 20. The second-order valence-electron chi connectivity index (χ2n) is 27.3. The molecule has 16 rings (SSSR count). The van der Waals surface area contributed by atoms with E-state index in [1.165, 1.54) is 0 Å². The summed E-state index contributed by atoms with van der Waals surface area (Å²) in [5, 5.41) is 44.2. The molecule has 0 aromatic heterocycles. The van der Waals surface area contributed by atoms with Gasteiger partial charge in [0.2, 0.25) is 11.6 Å². The minimum atomic E-state index is -2.04. The summed E-state index contributed by atoms with van der Waals surface area (Å²) in [5.74, 6) is -7.08. The van der Waals surface area contributed by atoms with Crippen LogP contribution >= 0.6 is 0 Å². The number of aliphatic hydroxyl groups is 3. The molecule has 0 amide bonds. The molecule has 3 unspecified atom stereocenters. The summed E-state index contributed by atoms with van der Waals surface area (Å²) in [7, 11) is 0. The van der Waals surface area contributed by atoms with E-state index in [-0.39, 0.29) is 110 Å². The average molecular weight is 1130 g/mol. The molecular weight excluding hydrogens is 1040 g/mol. The number of carboxylic acids is 1. The Morgan fingerprint density at radius 3 is 2.09 bits per heavy atom. The number of aliphatic carboxylic acids is 1. The molecule has 21 heteroatoms. The van der Waals surface area contributed by atoms with Crippen molar-refractivity contribution in [3.63, 3.8) is 0 Å². The predicted molar refractivity (Wildman–Crippen MR) is 271 cm³/mol. The van der Waals surface area contributed by atoms with Crippen molar-refractivity contribution in [1.82, 2.24) is 0 Å². The van der Waals surface area contributed by atoms with Gasteiger partial charge in [-0.1, -0.05) is 40.9 Å². The fourth-order valence-electron chi connectivity index (χ4n) is 18.0. The van der Waals surface area contributed by atoms with Crippen LogP contribution in [0.4, 0.5) is 0 Å². The molecule has 0 radical (unpaired) electrons. The molecule has 0 saturated carbocycles. The second-order valence-corrected chi connectivity index (χ2v) is 27.3. The van der Waals surface area contributed by atoms with Gasteiger partial charge in [-0.15, -0.1) is 0 Å². The first kappa shape index (κ1) is 54.4. The largest absolute Gasteiger partial charge is 0.481 e. The molecule has 32 atom stereocenters. The molecule has 0 aromatic rings. The number of carbonyl (C=O) groups is 2. The Morgan fingerprint density at radius 1 is 0.562 bits per heavy atom. The number of hydrogen-bond donors (Lipinski definition) is 4. The van der Waals surface area contributed by atoms with Crippen molar-refractivity contribution >= 4 is 11.9 Å². The third kappa shape index (κ3) is 8.84. The van der Waals surface area contributed by atoms with Crippen LogP contribution in [0.3, 0.4) is 0 Å². The van der Waals surface area contributed by atoms with Gasteiger partial charge < -0.3 is 91.5 Å². The zero-order valence-electron chi connectivity index (χ0n) is 46.3. The van der Waals surface area contributed by atoms with Crippen molar-refractivity contribution in [1.29, 1.82) is 0 Å². The lowest BCUT2D eigenvalue weighted by atomic mass is 9.78. The Morgan fingerprint density at radius 2 is 1.26 bits per heavy atom. The van der Waals surface area contributed by atoms with E-state index in [4.69, 9.17) is 71.1 Å². The maximum absolute atomic E-state index is 14.6. The normalized spacial score (nSPS) is 58.7. The third-order valence-corrected chi connectivity index (χ3v) is 21.8. The van der Waals surface area contributed by atoms with Crippen molar-refractivity contribution in [2.75, 3.05) is 0 Å². The minimum Gasteiger partial charge on any atom is -0.481 e. The lowest BCUT2D eigenvalue weighted by Gasteiger charge is -2.54. The van der Waals surface area contributed by atoms with Crippen LogP contribution in [0.5, 0.6) is 0 Å². The van der Waals surface area contributed by atoms with Gasteiger partial charge in [0, 0.05) is 57.3 Å². The number of fused-ring (bicyclic) bond motifs is 10. The lowest BCUT2D eigenvalue weighted by Crippen LogP contribution is -2.63. The number of esters is 1. The Hall–Kier alpha value is -2.26. The van der Waals surface area contributed by atoms with Crippen LogP contribution < -0.4 is 0 Å². The maximum atomic E-state index is 14.6. The Balaban J connectivity index is 0.666. The Bertz CT molecular complexity index is 2460. The average Bonchev–Trinajstić information content (AvgIpc) is 4.29. The fraction of sp³-hybridized carbons (Fsp3) is 0.898. The molecule has 0 aromatic carbocycles. The van der Waals surface area contributed by atoms with Crippen LogP contribution in [0.1, 0.15) is 137 Å². The number of carboxylic acid groups (broad SMARTS) is 1. The van der Waals surface area contributed by atoms with Gasteiger partial charge in [0.1, 0.15) is 36.6 Å². The molecule has 0 aliphatic carbocycles. The summed E-state index contributed by atoms with van der Waals surface area (Å²) in [5.41, 5.74) is 1.99. The van der Waals surface area contributed by atoms with Crippen LogP contribution in [0.25, 0.3) is 0 Å². The highest BCUT2D eigenvalue weighted by molar-refractivity contribution is 5.70. The molecule has 4 N–H and O–H groups in total. The van der Waals surface area contributed by atoms with Crippen molar-refractivity contribution in [2.45, 2.75) is 306 Å². The van der Waals surface area contributed by atoms with Crippen LogP contribution in [0, 0.1) is 23.7 Å². The summed E-state index contributed by atoms with van der Waals surface area (Å²) in [4.78, 5) is 26.1. The fourth-order valence-corrected chi connectivity index (χ4v) is 18.0. The van der Waals surface area contributed by atoms with Crippen molar-refractivity contribution in [3.8, 4) is 0 Å². The number of rotatable bonds is 2. The molecule has 444 valence electrons. The first-order valence-corrected chi connectivity index (χ1v) is 30.4. The van der Waals surface area contributed by atoms with E-state index in [1.807, 2.05) is 0 Å². The lowest BCUT2D eigenvalue weighted by molar-refractivity contribution is -0.371. The zero-order valence-corrected chi connectivity index (χ0v) is 46.3. The van der Waals surface area contributed by atoms with Gasteiger partial charge in [-0.3, -0.25) is 9.59 Å². The van der Waals surface area contributed by atoms with Crippen LogP contribution in [-0.4, -0.2) is 202 Å². The monoisotopic (exact) mass is 1130 g/mol. The van der Waals surface area contributed by atoms with E-state index in [1.54, 1.807) is 0 Å². The smallest absolute Gasteiger partial charge is 0.308 e. The Labute approximate surface area is 466 Å². The number of aliphatic hydroxyl groups excluding tert-OH is 2. The van der Waals surface area contributed by atoms with Crippen molar-refractivity contribution in [2.24, 2.45) is 23.7 Å². The van der Waals surface area contributed by atoms with Crippen LogP contribution in [0.15, 0.2) is 24.3 Å². The van der Waals surface area contributed by atoms with E-state index >= 15 is 0 Å². The van der Waals surface area contributed by atoms with Gasteiger partial charge in [0.25, 0.3) is 0 Å². The standard InChI is InChI=1S/C59H82O21/c1-24-13-30-7-9-34-25(2)14-32(66-34)11-12-58-55(64)59(65)54(80-58)53-52(79-59)51(78-58)50-35(70-53)10-8-31(68-50)15-45(63)73-49-29(6)48-40(69-39(49)17-36(67-30)28(24)5)18-38-42(72-48)22-57(74-38)23-43-47(77-57)27(4)21-56(76-43)20-26(3)46-41(75-56)16-33(60)37(71-46)19-44(61)62/h24,26-27,29-43,46-55,60,64-65H,2,5,7-23H2,1,3-4,6H3,(H,61,62)/t24-,26+,27+,29+,30+,31-,32+,33-,34+,35+,36-,37-,38-,39+,40?,41+,42-,43?,46+,47?,48+,49-,50+,51+,52+,53-,54-,55+,56-,57+,58-,59+/m1/s1. The summed E-state index contributed by atoms with van der Waals surface area (Å²) in [6.07, 6.45) is -5.45. The second kappa shape index (κ2) is 19.6. The summed E-state index contributed by atoms with van der Waals surface area (Å²) in [6.45, 7) is 17.5. The van der Waals surface area contributed by atoms with Gasteiger partial charge in [-0.05, 0) is 73.8 Å². The molecule has 16 saturated heterocycles. The van der Waals surface area contributed by atoms with E-state index < -0.39 is 121 Å². The van der Waals surface area contributed by atoms with Gasteiger partial charge in [0.15, 0.2) is 17.7 Å². The molecular formula is C59H82O21. The Kier molecular flexibility index (Phi) is 13.3. The highest BCUT2D eigenvalue weighted by atomic mass is 16.8. The topological polar surface area (TPSA) is 254 Å². The quantitative estimate of drug-likeness (QED) is 0.226. The van der Waals surface area contributed by atoms with Gasteiger partial charge in [-0.25, -0.2) is 0 Å². The molecule has 16 aliphatic heterocycles. The number of ether oxygens (including phenoxy) is 15. The molecule has 16 aliphatic rings. The van der Waals surface area contributed by atoms with Gasteiger partial charge in [-0.2, -0.15) is 0 Å². The van der Waals surface area contributed by atoms with E-state index in [0.29, 0.717) is 70.6 Å². The molecule has 16 heterocycles. The molecule has 16 fully saturated rings. The molecule has 12 bridgehead atoms. The first-order chi connectivity index (χ1) is 38.2. The molecule has 3 spiro atoms. The third-order valence-electron chi connectivity index (χ3n) is 21.8. The van der Waals surface area contributed by atoms with Gasteiger partial charge >= 0.3 is 11.9 Å². The minimum absolute atomic E-state index is 0.00631. The summed E-state index contributed by atoms with van der Waals surface area (Å²) in [6, 6.07) is 0. The molecule has 80 heavy (non-hydrogen) atoms. The van der Waals surface area contributed by atoms with E-state index in [9.17, 15) is 30.0 Å².